The summed E-state index contributed by atoms with van der Waals surface area (Å²) in [6, 6.07) is 8.17. The highest BCUT2D eigenvalue weighted by Gasteiger charge is 2.04. The number of nitrogens with zero attached hydrogens (tertiary/aromatic N) is 1. The molecule has 0 saturated carbocycles. The van der Waals surface area contributed by atoms with Gasteiger partial charge in [0.15, 0.2) is 12.0 Å². The minimum absolute atomic E-state index is 0.271. The van der Waals surface area contributed by atoms with Crippen LogP contribution in [0.4, 0.5) is 0 Å². The van der Waals surface area contributed by atoms with Crippen molar-refractivity contribution in [2.75, 3.05) is 0 Å². The summed E-state index contributed by atoms with van der Waals surface area (Å²) in [6.45, 7) is 2.07. The van der Waals surface area contributed by atoms with Crippen LogP contribution in [-0.4, -0.2) is 11.3 Å². The molecule has 16 heavy (non-hydrogen) atoms. The van der Waals surface area contributed by atoms with Gasteiger partial charge in [0.2, 0.25) is 0 Å². The molecule has 0 atom stereocenters. The van der Waals surface area contributed by atoms with Crippen LogP contribution in [0.25, 0.3) is 0 Å². The number of aldehydes is 1. The molecular weight excluding hydrogens is 222 g/mol. The molecule has 0 aliphatic carbocycles. The fraction of sp³-hybridized carbons (Fsp3) is 0.167. The van der Waals surface area contributed by atoms with E-state index in [1.807, 2.05) is 12.1 Å². The fourth-order valence-electron chi connectivity index (χ4n) is 1.30. The molecule has 1 aromatic carbocycles. The molecule has 0 unspecified atom stereocenters. The zero-order valence-corrected chi connectivity index (χ0v) is 9.66. The lowest BCUT2D eigenvalue weighted by Gasteiger charge is -2.02. The highest BCUT2D eigenvalue weighted by atomic mass is 32.2. The van der Waals surface area contributed by atoms with E-state index in [4.69, 9.17) is 4.42 Å². The Labute approximate surface area is 97.9 Å². The van der Waals surface area contributed by atoms with Gasteiger partial charge in [0.1, 0.15) is 0 Å². The molecule has 2 aromatic rings. The van der Waals surface area contributed by atoms with Crippen molar-refractivity contribution in [3.05, 3.63) is 47.3 Å². The first kappa shape index (κ1) is 11.0. The number of thioether (sulfide) groups is 1. The number of rotatable bonds is 4. The topological polar surface area (TPSA) is 43.1 Å². The Morgan fingerprint density at radius 3 is 2.94 bits per heavy atom. The van der Waals surface area contributed by atoms with Crippen molar-refractivity contribution in [3.63, 3.8) is 0 Å². The third-order valence-electron chi connectivity index (χ3n) is 2.23. The van der Waals surface area contributed by atoms with E-state index in [0.717, 1.165) is 5.75 Å². The van der Waals surface area contributed by atoms with E-state index in [-0.39, 0.29) is 5.76 Å². The first-order valence-corrected chi connectivity index (χ1v) is 5.86. The van der Waals surface area contributed by atoms with E-state index < -0.39 is 0 Å². The zero-order chi connectivity index (χ0) is 11.4. The normalized spacial score (nSPS) is 10.3. The van der Waals surface area contributed by atoms with Gasteiger partial charge in [-0.25, -0.2) is 4.98 Å². The van der Waals surface area contributed by atoms with Gasteiger partial charge in [0, 0.05) is 5.75 Å². The molecule has 3 nitrogen and oxygen atoms in total. The molecule has 82 valence electrons. The van der Waals surface area contributed by atoms with Crippen molar-refractivity contribution in [3.8, 4) is 0 Å². The zero-order valence-electron chi connectivity index (χ0n) is 8.84. The maximum Gasteiger partial charge on any atom is 0.256 e. The van der Waals surface area contributed by atoms with E-state index >= 15 is 0 Å². The third-order valence-corrected chi connectivity index (χ3v) is 3.12. The molecule has 4 heteroatoms. The third kappa shape index (κ3) is 2.52. The second-order valence-electron chi connectivity index (χ2n) is 3.36. The molecule has 0 amide bonds. The fourth-order valence-corrected chi connectivity index (χ4v) is 2.19. The molecular formula is C12H11NO2S. The van der Waals surface area contributed by atoms with Gasteiger partial charge >= 0.3 is 0 Å². The number of hydrogen-bond donors (Lipinski definition) is 0. The molecule has 2 rings (SSSR count). The van der Waals surface area contributed by atoms with Crippen LogP contribution in [-0.2, 0) is 5.75 Å². The number of aryl methyl sites for hydroxylation is 1. The molecule has 1 aromatic heterocycles. The number of aromatic nitrogens is 1. The van der Waals surface area contributed by atoms with Crippen LogP contribution in [0, 0.1) is 6.92 Å². The number of carbonyl (C=O) groups is 1. The summed E-state index contributed by atoms with van der Waals surface area (Å²) < 4.78 is 5.18. The molecule has 0 fully saturated rings. The minimum atomic E-state index is 0.271. The van der Waals surface area contributed by atoms with Gasteiger partial charge in [-0.05, 0) is 18.1 Å². The van der Waals surface area contributed by atoms with E-state index in [1.165, 1.54) is 29.1 Å². The van der Waals surface area contributed by atoms with Crippen LogP contribution in [0.5, 0.6) is 0 Å². The van der Waals surface area contributed by atoms with Crippen LogP contribution in [0.2, 0.25) is 0 Å². The Morgan fingerprint density at radius 1 is 1.44 bits per heavy atom. The number of oxazole rings is 1. The molecule has 0 bridgehead atoms. The van der Waals surface area contributed by atoms with Crippen molar-refractivity contribution in [1.82, 2.24) is 4.98 Å². The molecule has 0 saturated heterocycles. The van der Waals surface area contributed by atoms with E-state index in [1.54, 1.807) is 0 Å². The molecule has 0 aliphatic rings. The number of hydrogen-bond acceptors (Lipinski definition) is 4. The first-order chi connectivity index (χ1) is 7.79. The second kappa shape index (κ2) is 4.99. The lowest BCUT2D eigenvalue weighted by atomic mass is 10.1. The minimum Gasteiger partial charge on any atom is -0.429 e. The largest absolute Gasteiger partial charge is 0.429 e. The second-order valence-corrected chi connectivity index (χ2v) is 4.29. The average molecular weight is 233 g/mol. The van der Waals surface area contributed by atoms with Crippen molar-refractivity contribution in [2.24, 2.45) is 0 Å². The Bertz CT molecular complexity index is 493. The number of carbonyl (C=O) groups excluding carboxylic acids is 1. The van der Waals surface area contributed by atoms with E-state index in [0.29, 0.717) is 11.5 Å². The molecule has 0 spiro atoms. The summed E-state index contributed by atoms with van der Waals surface area (Å²) in [5, 5.41) is 0.533. The Morgan fingerprint density at radius 2 is 2.25 bits per heavy atom. The van der Waals surface area contributed by atoms with Crippen molar-refractivity contribution < 1.29 is 9.21 Å². The predicted octanol–water partition coefficient (Wildman–Crippen LogP) is 3.09. The van der Waals surface area contributed by atoms with Gasteiger partial charge in [-0.1, -0.05) is 36.0 Å². The molecule has 0 aliphatic heterocycles. The molecule has 0 N–H and O–H groups in total. The quantitative estimate of drug-likeness (QED) is 0.601. The number of benzene rings is 1. The molecule has 0 radical (unpaired) electrons. The summed E-state index contributed by atoms with van der Waals surface area (Å²) >= 11 is 1.49. The first-order valence-electron chi connectivity index (χ1n) is 4.88. The highest BCUT2D eigenvalue weighted by Crippen LogP contribution is 2.23. The lowest BCUT2D eigenvalue weighted by molar-refractivity contribution is 0.109. The van der Waals surface area contributed by atoms with Crippen LogP contribution >= 0.6 is 11.8 Å². The summed E-state index contributed by atoms with van der Waals surface area (Å²) in [6.07, 6.45) is 2.10. The maximum atomic E-state index is 10.4. The van der Waals surface area contributed by atoms with Crippen LogP contribution in [0.15, 0.2) is 40.1 Å². The van der Waals surface area contributed by atoms with Crippen LogP contribution in [0.1, 0.15) is 21.7 Å². The SMILES string of the molecule is Cc1ccccc1CSc1ncc(C=O)o1. The highest BCUT2D eigenvalue weighted by molar-refractivity contribution is 7.98. The summed E-state index contributed by atoms with van der Waals surface area (Å²) in [5.74, 6) is 1.07. The van der Waals surface area contributed by atoms with Gasteiger partial charge in [-0.15, -0.1) is 0 Å². The Balaban J connectivity index is 2.02. The van der Waals surface area contributed by atoms with Crippen molar-refractivity contribution in [2.45, 2.75) is 17.9 Å². The van der Waals surface area contributed by atoms with Crippen LogP contribution < -0.4 is 0 Å². The van der Waals surface area contributed by atoms with E-state index in [9.17, 15) is 4.79 Å². The van der Waals surface area contributed by atoms with Gasteiger partial charge in [-0.2, -0.15) is 0 Å². The van der Waals surface area contributed by atoms with Gasteiger partial charge in [-0.3, -0.25) is 4.79 Å². The van der Waals surface area contributed by atoms with Gasteiger partial charge < -0.3 is 4.42 Å². The van der Waals surface area contributed by atoms with Gasteiger partial charge in [0.05, 0.1) is 6.20 Å². The standard InChI is InChI=1S/C12H11NO2S/c1-9-4-2-3-5-10(9)8-16-12-13-6-11(7-14)15-12/h2-7H,8H2,1H3. The Kier molecular flexibility index (Phi) is 3.41. The predicted molar refractivity (Wildman–Crippen MR) is 62.6 cm³/mol. The smallest absolute Gasteiger partial charge is 0.256 e. The van der Waals surface area contributed by atoms with Crippen molar-refractivity contribution >= 4 is 18.0 Å². The van der Waals surface area contributed by atoms with Gasteiger partial charge in [0.25, 0.3) is 5.22 Å². The summed E-state index contributed by atoms with van der Waals surface area (Å²) in [7, 11) is 0. The molecule has 1 heterocycles. The Hall–Kier alpha value is -1.55. The summed E-state index contributed by atoms with van der Waals surface area (Å²) in [5.41, 5.74) is 2.50. The maximum absolute atomic E-state index is 10.4. The lowest BCUT2D eigenvalue weighted by Crippen LogP contribution is -1.84. The monoisotopic (exact) mass is 233 g/mol. The van der Waals surface area contributed by atoms with E-state index in [2.05, 4.69) is 24.0 Å². The average Bonchev–Trinajstić information content (AvgIpc) is 2.76. The van der Waals surface area contributed by atoms with Crippen LogP contribution in [0.3, 0.4) is 0 Å². The summed E-state index contributed by atoms with van der Waals surface area (Å²) in [4.78, 5) is 14.4. The van der Waals surface area contributed by atoms with Crippen molar-refractivity contribution in [1.29, 1.82) is 0 Å².